The monoisotopic (exact) mass is 424 g/mol. The van der Waals surface area contributed by atoms with E-state index in [2.05, 4.69) is 18.7 Å². The van der Waals surface area contributed by atoms with E-state index in [1.165, 1.54) is 37.3 Å². The summed E-state index contributed by atoms with van der Waals surface area (Å²) in [6.07, 6.45) is 9.12. The number of aryl methyl sites for hydroxylation is 2. The van der Waals surface area contributed by atoms with Gasteiger partial charge < -0.3 is 0 Å². The second kappa shape index (κ2) is 9.31. The Morgan fingerprint density at radius 2 is 1.73 bits per heavy atom. The van der Waals surface area contributed by atoms with E-state index in [-0.39, 0.29) is 10.8 Å². The largest absolute Gasteiger partial charge is 0.206 e. The highest BCUT2D eigenvalue weighted by Crippen LogP contribution is 2.38. The Hall–Kier alpha value is -2.19. The summed E-state index contributed by atoms with van der Waals surface area (Å²) in [4.78, 5) is 0. The summed E-state index contributed by atoms with van der Waals surface area (Å²) in [5.74, 6) is 0.744. The van der Waals surface area contributed by atoms with Gasteiger partial charge in [0.25, 0.3) is 0 Å². The minimum atomic E-state index is -0.431. The molecule has 0 heterocycles. The van der Waals surface area contributed by atoms with Crippen molar-refractivity contribution in [2.75, 3.05) is 0 Å². The van der Waals surface area contributed by atoms with Crippen molar-refractivity contribution >= 4 is 22.4 Å². The van der Waals surface area contributed by atoms with Gasteiger partial charge in [0.1, 0.15) is 11.6 Å². The summed E-state index contributed by atoms with van der Waals surface area (Å²) in [5.41, 5.74) is 2.80. The topological polar surface area (TPSA) is 0 Å². The summed E-state index contributed by atoms with van der Waals surface area (Å²) in [7, 11) is 0. The first-order chi connectivity index (χ1) is 14.5. The number of allylic oxidation sites excluding steroid dienone is 1. The highest BCUT2D eigenvalue weighted by atomic mass is 35.5. The van der Waals surface area contributed by atoms with Crippen LogP contribution in [-0.2, 0) is 12.8 Å². The first kappa shape index (κ1) is 21.1. The lowest BCUT2D eigenvalue weighted by Crippen LogP contribution is -2.12. The standard InChI is InChI=1S/C27H27ClF2/c1-2-3-18-4-8-20(9-5-18)22-13-14-24-23(17-22)12-11-21(27(24)30)10-6-19-7-15-25(28)26(29)16-19/h2,7,11-18,20H,1,3-6,8-10H2. The van der Waals surface area contributed by atoms with Gasteiger partial charge in [-0.3, -0.25) is 0 Å². The van der Waals surface area contributed by atoms with Crippen LogP contribution in [0, 0.1) is 17.6 Å². The Kier molecular flexibility index (Phi) is 6.53. The lowest BCUT2D eigenvalue weighted by molar-refractivity contribution is 0.328. The average molecular weight is 425 g/mol. The van der Waals surface area contributed by atoms with Crippen LogP contribution in [0.2, 0.25) is 5.02 Å². The van der Waals surface area contributed by atoms with E-state index in [0.717, 1.165) is 23.3 Å². The number of hydrogen-bond donors (Lipinski definition) is 0. The van der Waals surface area contributed by atoms with E-state index >= 15 is 4.39 Å². The van der Waals surface area contributed by atoms with Crippen LogP contribution in [0.4, 0.5) is 8.78 Å². The van der Waals surface area contributed by atoms with Gasteiger partial charge in [0.15, 0.2) is 0 Å². The summed E-state index contributed by atoms with van der Waals surface area (Å²) in [6, 6.07) is 14.9. The van der Waals surface area contributed by atoms with Crippen molar-refractivity contribution < 1.29 is 8.78 Å². The molecule has 0 bridgehead atoms. The molecule has 0 atom stereocenters. The van der Waals surface area contributed by atoms with Crippen molar-refractivity contribution in [2.45, 2.75) is 50.9 Å². The second-order valence-electron chi connectivity index (χ2n) is 8.51. The van der Waals surface area contributed by atoms with Gasteiger partial charge >= 0.3 is 0 Å². The molecule has 0 unspecified atom stereocenters. The molecule has 1 saturated carbocycles. The quantitative estimate of drug-likeness (QED) is 0.348. The zero-order valence-electron chi connectivity index (χ0n) is 17.1. The van der Waals surface area contributed by atoms with Crippen molar-refractivity contribution in [3.63, 3.8) is 0 Å². The van der Waals surface area contributed by atoms with Crippen LogP contribution in [0.1, 0.15) is 54.7 Å². The maximum Gasteiger partial charge on any atom is 0.142 e. The Labute approximate surface area is 182 Å². The van der Waals surface area contributed by atoms with Crippen LogP contribution in [-0.4, -0.2) is 0 Å². The molecule has 0 aliphatic heterocycles. The van der Waals surface area contributed by atoms with E-state index in [9.17, 15) is 4.39 Å². The fourth-order valence-corrected chi connectivity index (χ4v) is 4.86. The molecule has 1 fully saturated rings. The number of halogens is 3. The SMILES string of the molecule is C=CCC1CCC(c2ccc3c(F)c(CCc4ccc(Cl)c(F)c4)ccc3c2)CC1. The molecule has 0 spiro atoms. The van der Waals surface area contributed by atoms with Gasteiger partial charge in [-0.25, -0.2) is 8.78 Å². The van der Waals surface area contributed by atoms with E-state index in [1.807, 2.05) is 24.3 Å². The molecule has 0 amide bonds. The number of fused-ring (bicyclic) bond motifs is 1. The molecule has 4 rings (SSSR count). The molecule has 0 radical (unpaired) electrons. The van der Waals surface area contributed by atoms with Crippen molar-refractivity contribution in [3.05, 3.63) is 94.5 Å². The van der Waals surface area contributed by atoms with E-state index in [4.69, 9.17) is 11.6 Å². The van der Waals surface area contributed by atoms with Crippen LogP contribution >= 0.6 is 11.6 Å². The highest BCUT2D eigenvalue weighted by Gasteiger charge is 2.22. The van der Waals surface area contributed by atoms with Crippen molar-refractivity contribution in [3.8, 4) is 0 Å². The fourth-order valence-electron chi connectivity index (χ4n) is 4.74. The van der Waals surface area contributed by atoms with Crippen LogP contribution in [0.3, 0.4) is 0 Å². The smallest absolute Gasteiger partial charge is 0.142 e. The summed E-state index contributed by atoms with van der Waals surface area (Å²) >= 11 is 5.74. The summed E-state index contributed by atoms with van der Waals surface area (Å²) in [5, 5.41) is 1.74. The summed E-state index contributed by atoms with van der Waals surface area (Å²) < 4.78 is 28.8. The van der Waals surface area contributed by atoms with Crippen molar-refractivity contribution in [1.82, 2.24) is 0 Å². The molecule has 0 saturated heterocycles. The van der Waals surface area contributed by atoms with Gasteiger partial charge in [0.05, 0.1) is 5.02 Å². The molecule has 30 heavy (non-hydrogen) atoms. The minimum Gasteiger partial charge on any atom is -0.206 e. The molecule has 3 heteroatoms. The number of hydrogen-bond acceptors (Lipinski definition) is 0. The molecule has 3 aromatic rings. The van der Waals surface area contributed by atoms with Crippen LogP contribution < -0.4 is 0 Å². The third kappa shape index (κ3) is 4.59. The molecule has 1 aliphatic carbocycles. The van der Waals surface area contributed by atoms with Crippen LogP contribution in [0.25, 0.3) is 10.8 Å². The Balaban J connectivity index is 1.48. The number of rotatable bonds is 6. The predicted octanol–water partition coefficient (Wildman–Crippen LogP) is 8.41. The average Bonchev–Trinajstić information content (AvgIpc) is 2.76. The van der Waals surface area contributed by atoms with Gasteiger partial charge in [-0.2, -0.15) is 0 Å². The van der Waals surface area contributed by atoms with Crippen LogP contribution in [0.5, 0.6) is 0 Å². The van der Waals surface area contributed by atoms with Gasteiger partial charge in [0.2, 0.25) is 0 Å². The molecule has 3 aromatic carbocycles. The first-order valence-corrected chi connectivity index (χ1v) is 11.2. The third-order valence-electron chi connectivity index (χ3n) is 6.54. The maximum absolute atomic E-state index is 15.1. The first-order valence-electron chi connectivity index (χ1n) is 10.8. The molecule has 156 valence electrons. The lowest BCUT2D eigenvalue weighted by Gasteiger charge is -2.28. The Morgan fingerprint density at radius 3 is 2.47 bits per heavy atom. The molecule has 0 N–H and O–H groups in total. The van der Waals surface area contributed by atoms with E-state index in [1.54, 1.807) is 12.1 Å². The highest BCUT2D eigenvalue weighted by molar-refractivity contribution is 6.30. The third-order valence-corrected chi connectivity index (χ3v) is 6.85. The molecule has 0 aromatic heterocycles. The Bertz CT molecular complexity index is 1050. The second-order valence-corrected chi connectivity index (χ2v) is 8.92. The molecule has 1 aliphatic rings. The maximum atomic E-state index is 15.1. The lowest BCUT2D eigenvalue weighted by atomic mass is 9.77. The Morgan fingerprint density at radius 1 is 0.933 bits per heavy atom. The van der Waals surface area contributed by atoms with E-state index in [0.29, 0.717) is 29.7 Å². The van der Waals surface area contributed by atoms with Crippen LogP contribution in [0.15, 0.2) is 61.2 Å². The molecular formula is C27H27ClF2. The molecule has 0 nitrogen and oxygen atoms in total. The minimum absolute atomic E-state index is 0.112. The fraction of sp³-hybridized carbons (Fsp3) is 0.333. The van der Waals surface area contributed by atoms with E-state index < -0.39 is 5.82 Å². The number of benzene rings is 3. The van der Waals surface area contributed by atoms with Gasteiger partial charge in [-0.1, -0.05) is 54.1 Å². The van der Waals surface area contributed by atoms with Crippen molar-refractivity contribution in [2.24, 2.45) is 5.92 Å². The normalized spacial score (nSPS) is 19.2. The molecular weight excluding hydrogens is 398 g/mol. The zero-order chi connectivity index (χ0) is 21.1. The van der Waals surface area contributed by atoms with Gasteiger partial charge in [0, 0.05) is 5.39 Å². The van der Waals surface area contributed by atoms with Crippen molar-refractivity contribution in [1.29, 1.82) is 0 Å². The summed E-state index contributed by atoms with van der Waals surface area (Å²) in [6.45, 7) is 3.86. The zero-order valence-corrected chi connectivity index (χ0v) is 17.9. The predicted molar refractivity (Wildman–Crippen MR) is 122 cm³/mol. The van der Waals surface area contributed by atoms with Gasteiger partial charge in [-0.05, 0) is 91.0 Å². The van der Waals surface area contributed by atoms with Gasteiger partial charge in [-0.15, -0.1) is 6.58 Å².